The van der Waals surface area contributed by atoms with Gasteiger partial charge in [0.2, 0.25) is 0 Å². The highest BCUT2D eigenvalue weighted by Crippen LogP contribution is 2.22. The maximum Gasteiger partial charge on any atom is 0.273 e. The summed E-state index contributed by atoms with van der Waals surface area (Å²) in [4.78, 5) is 12.1. The van der Waals surface area contributed by atoms with Crippen LogP contribution in [0, 0.1) is 5.92 Å². The second-order valence-electron chi connectivity index (χ2n) is 5.59. The van der Waals surface area contributed by atoms with Gasteiger partial charge in [-0.3, -0.25) is 4.79 Å². The average molecular weight is 307 g/mol. The third-order valence-electron chi connectivity index (χ3n) is 3.07. The van der Waals surface area contributed by atoms with Crippen LogP contribution >= 0.6 is 11.6 Å². The Morgan fingerprint density at radius 3 is 2.57 bits per heavy atom. The van der Waals surface area contributed by atoms with Gasteiger partial charge in [0, 0.05) is 22.7 Å². The lowest BCUT2D eigenvalue weighted by atomic mass is 10.1. The molecule has 2 rings (SSSR count). The fourth-order valence-electron chi connectivity index (χ4n) is 2.20. The fraction of sp³-hybridized carbons (Fsp3) is 0.375. The van der Waals surface area contributed by atoms with Gasteiger partial charge >= 0.3 is 0 Å². The molecule has 0 bridgehead atoms. The maximum absolute atomic E-state index is 12.1. The number of halogens is 1. The number of carbonyl (C=O) groups is 1. The molecule has 1 unspecified atom stereocenters. The molecule has 0 fully saturated rings. The van der Waals surface area contributed by atoms with Gasteiger partial charge in [0.15, 0.2) is 11.5 Å². The first-order chi connectivity index (χ1) is 9.95. The number of carbonyl (C=O) groups excluding carboxylic acids is 1. The number of nitrogens with one attached hydrogen (secondary N) is 1. The third kappa shape index (κ3) is 4.33. The summed E-state index contributed by atoms with van der Waals surface area (Å²) in [6.45, 7) is 6.23. The van der Waals surface area contributed by atoms with E-state index in [9.17, 15) is 4.79 Å². The minimum absolute atomic E-state index is 0.105. The van der Waals surface area contributed by atoms with E-state index < -0.39 is 0 Å². The number of rotatable bonds is 5. The molecule has 1 heterocycles. The van der Waals surface area contributed by atoms with Crippen LogP contribution < -0.4 is 5.32 Å². The highest BCUT2D eigenvalue weighted by Gasteiger charge is 2.16. The maximum atomic E-state index is 12.1. The summed E-state index contributed by atoms with van der Waals surface area (Å²) in [5.74, 6) is 0.864. The summed E-state index contributed by atoms with van der Waals surface area (Å²) in [6, 6.07) is 8.93. The van der Waals surface area contributed by atoms with Crippen molar-refractivity contribution in [2.45, 2.75) is 33.2 Å². The first kappa shape index (κ1) is 15.6. The summed E-state index contributed by atoms with van der Waals surface area (Å²) in [5.41, 5.74) is 1.12. The van der Waals surface area contributed by atoms with Gasteiger partial charge in [0.1, 0.15) is 0 Å². The van der Waals surface area contributed by atoms with E-state index in [1.165, 1.54) is 0 Å². The molecule has 0 spiro atoms. The van der Waals surface area contributed by atoms with Crippen LogP contribution in [-0.2, 0) is 0 Å². The van der Waals surface area contributed by atoms with E-state index in [1.807, 2.05) is 19.1 Å². The Morgan fingerprint density at radius 2 is 1.95 bits per heavy atom. The largest absolute Gasteiger partial charge is 0.355 e. The summed E-state index contributed by atoms with van der Waals surface area (Å²) < 4.78 is 5.22. The van der Waals surface area contributed by atoms with Gasteiger partial charge in [-0.15, -0.1) is 0 Å². The van der Waals surface area contributed by atoms with Crippen molar-refractivity contribution >= 4 is 17.5 Å². The molecule has 4 nitrogen and oxygen atoms in total. The van der Waals surface area contributed by atoms with Crippen molar-refractivity contribution in [1.29, 1.82) is 0 Å². The summed E-state index contributed by atoms with van der Waals surface area (Å²) in [6.07, 6.45) is 0.924. The van der Waals surface area contributed by atoms with Crippen LogP contribution in [0.4, 0.5) is 0 Å². The molecule has 0 saturated heterocycles. The molecule has 1 amide bonds. The van der Waals surface area contributed by atoms with E-state index in [-0.39, 0.29) is 17.6 Å². The lowest BCUT2D eigenvalue weighted by molar-refractivity contribution is 0.0927. The molecule has 0 aliphatic heterocycles. The molecule has 112 valence electrons. The molecule has 21 heavy (non-hydrogen) atoms. The molecule has 1 atom stereocenters. The summed E-state index contributed by atoms with van der Waals surface area (Å²) in [7, 11) is 0. The minimum atomic E-state index is -0.216. The molecule has 1 N–H and O–H groups in total. The lowest BCUT2D eigenvalue weighted by Crippen LogP contribution is -2.33. The van der Waals surface area contributed by atoms with Crippen LogP contribution in [0.3, 0.4) is 0 Å². The Bertz CT molecular complexity index is 605. The normalized spacial score (nSPS) is 12.4. The van der Waals surface area contributed by atoms with Gasteiger partial charge in [-0.2, -0.15) is 0 Å². The molecule has 0 aliphatic carbocycles. The second kappa shape index (κ2) is 6.76. The Labute approximate surface area is 129 Å². The predicted molar refractivity (Wildman–Crippen MR) is 83.3 cm³/mol. The fourth-order valence-corrected chi connectivity index (χ4v) is 2.32. The van der Waals surface area contributed by atoms with Crippen LogP contribution in [0.1, 0.15) is 37.7 Å². The number of hydrogen-bond donors (Lipinski definition) is 1. The number of aromatic nitrogens is 1. The standard InChI is InChI=1S/C16H19ClN2O2/c1-10(2)8-11(3)18-16(20)14-9-15(21-19-14)12-4-6-13(17)7-5-12/h4-7,9-11H,8H2,1-3H3,(H,18,20). The van der Waals surface area contributed by atoms with Gasteiger partial charge in [-0.05, 0) is 43.5 Å². The topological polar surface area (TPSA) is 55.1 Å². The van der Waals surface area contributed by atoms with Crippen molar-refractivity contribution in [1.82, 2.24) is 10.5 Å². The van der Waals surface area contributed by atoms with Gasteiger partial charge in [-0.25, -0.2) is 0 Å². The van der Waals surface area contributed by atoms with E-state index in [1.54, 1.807) is 18.2 Å². The van der Waals surface area contributed by atoms with Crippen molar-refractivity contribution < 1.29 is 9.32 Å². The number of nitrogens with zero attached hydrogens (tertiary/aromatic N) is 1. The van der Waals surface area contributed by atoms with Crippen LogP contribution in [0.15, 0.2) is 34.9 Å². The highest BCUT2D eigenvalue weighted by atomic mass is 35.5. The van der Waals surface area contributed by atoms with E-state index in [0.29, 0.717) is 16.7 Å². The van der Waals surface area contributed by atoms with E-state index >= 15 is 0 Å². The van der Waals surface area contributed by atoms with Crippen molar-refractivity contribution in [2.24, 2.45) is 5.92 Å². The zero-order valence-electron chi connectivity index (χ0n) is 12.4. The summed E-state index contributed by atoms with van der Waals surface area (Å²) >= 11 is 5.84. The molecule has 1 aromatic carbocycles. The van der Waals surface area contributed by atoms with E-state index in [4.69, 9.17) is 16.1 Å². The molecule has 0 radical (unpaired) electrons. The smallest absolute Gasteiger partial charge is 0.273 e. The van der Waals surface area contributed by atoms with Crippen molar-refractivity contribution in [3.8, 4) is 11.3 Å². The second-order valence-corrected chi connectivity index (χ2v) is 6.02. The van der Waals surface area contributed by atoms with Crippen LogP contribution in [0.5, 0.6) is 0 Å². The SMILES string of the molecule is CC(C)CC(C)NC(=O)c1cc(-c2ccc(Cl)cc2)on1. The van der Waals surface area contributed by atoms with Crippen LogP contribution in [0.25, 0.3) is 11.3 Å². The average Bonchev–Trinajstić information content (AvgIpc) is 2.88. The van der Waals surface area contributed by atoms with Gasteiger partial charge in [-0.1, -0.05) is 30.6 Å². The number of hydrogen-bond acceptors (Lipinski definition) is 3. The number of amides is 1. The molecule has 0 aliphatic rings. The Kier molecular flexibility index (Phi) is 5.02. The van der Waals surface area contributed by atoms with Gasteiger partial charge < -0.3 is 9.84 Å². The Morgan fingerprint density at radius 1 is 1.29 bits per heavy atom. The van der Waals surface area contributed by atoms with E-state index in [0.717, 1.165) is 12.0 Å². The molecule has 2 aromatic rings. The molecule has 0 saturated carbocycles. The van der Waals surface area contributed by atoms with Gasteiger partial charge in [0.05, 0.1) is 0 Å². The van der Waals surface area contributed by atoms with Gasteiger partial charge in [0.25, 0.3) is 5.91 Å². The molecular weight excluding hydrogens is 288 g/mol. The molecular formula is C16H19ClN2O2. The van der Waals surface area contributed by atoms with E-state index in [2.05, 4.69) is 24.3 Å². The first-order valence-electron chi connectivity index (χ1n) is 6.99. The predicted octanol–water partition coefficient (Wildman–Crippen LogP) is 4.16. The first-order valence-corrected chi connectivity index (χ1v) is 7.37. The Hall–Kier alpha value is -1.81. The van der Waals surface area contributed by atoms with Crippen LogP contribution in [0.2, 0.25) is 5.02 Å². The third-order valence-corrected chi connectivity index (χ3v) is 3.33. The summed E-state index contributed by atoms with van der Waals surface area (Å²) in [5, 5.41) is 7.40. The quantitative estimate of drug-likeness (QED) is 0.902. The lowest BCUT2D eigenvalue weighted by Gasteiger charge is -2.14. The molecule has 5 heteroatoms. The zero-order valence-corrected chi connectivity index (χ0v) is 13.1. The highest BCUT2D eigenvalue weighted by molar-refractivity contribution is 6.30. The van der Waals surface area contributed by atoms with Crippen molar-refractivity contribution in [3.63, 3.8) is 0 Å². The monoisotopic (exact) mass is 306 g/mol. The number of benzene rings is 1. The Balaban J connectivity index is 2.05. The van der Waals surface area contributed by atoms with Crippen molar-refractivity contribution in [3.05, 3.63) is 41.0 Å². The van der Waals surface area contributed by atoms with Crippen LogP contribution in [-0.4, -0.2) is 17.1 Å². The minimum Gasteiger partial charge on any atom is -0.355 e. The van der Waals surface area contributed by atoms with Crippen molar-refractivity contribution in [2.75, 3.05) is 0 Å². The molecule has 1 aromatic heterocycles. The zero-order chi connectivity index (χ0) is 15.4.